The van der Waals surface area contributed by atoms with Crippen LogP contribution in [-0.4, -0.2) is 17.6 Å². The number of benzene rings is 1. The number of carboxylic acids is 1. The molecule has 1 aromatic rings. The number of aryl methyl sites for hydroxylation is 1. The van der Waals surface area contributed by atoms with Crippen molar-refractivity contribution in [2.45, 2.75) is 6.92 Å². The van der Waals surface area contributed by atoms with Gasteiger partial charge in [-0.15, -0.1) is 0 Å². The number of carbonyl (C=O) groups is 1. The van der Waals surface area contributed by atoms with E-state index in [4.69, 9.17) is 5.11 Å². The van der Waals surface area contributed by atoms with Gasteiger partial charge in [0.15, 0.2) is 0 Å². The van der Waals surface area contributed by atoms with Crippen molar-refractivity contribution in [1.29, 1.82) is 0 Å². The maximum Gasteiger partial charge on any atom is 0.322 e. The number of aliphatic carboxylic acids is 1. The van der Waals surface area contributed by atoms with Gasteiger partial charge in [-0.3, -0.25) is 4.79 Å². The van der Waals surface area contributed by atoms with Gasteiger partial charge < -0.3 is 10.4 Å². The molecule has 0 atom stereocenters. The zero-order valence-corrected chi connectivity index (χ0v) is 7.17. The lowest BCUT2D eigenvalue weighted by atomic mass is 10.2. The normalized spacial score (nSPS) is 9.69. The maximum atomic E-state index is 12.6. The van der Waals surface area contributed by atoms with Crippen LogP contribution in [0.15, 0.2) is 18.2 Å². The number of hydrogen-bond donors (Lipinski definition) is 2. The predicted molar refractivity (Wildman–Crippen MR) is 47.3 cm³/mol. The second kappa shape index (κ2) is 3.89. The number of hydrogen-bond acceptors (Lipinski definition) is 2. The van der Waals surface area contributed by atoms with Crippen molar-refractivity contribution in [3.63, 3.8) is 0 Å². The molecule has 13 heavy (non-hydrogen) atoms. The van der Waals surface area contributed by atoms with E-state index in [-0.39, 0.29) is 12.4 Å². The van der Waals surface area contributed by atoms with Crippen LogP contribution in [-0.2, 0) is 4.79 Å². The third-order valence-electron chi connectivity index (χ3n) is 1.62. The summed E-state index contributed by atoms with van der Waals surface area (Å²) in [7, 11) is 0. The minimum atomic E-state index is -0.941. The highest BCUT2D eigenvalue weighted by Gasteiger charge is 2.01. The van der Waals surface area contributed by atoms with Crippen LogP contribution in [0.3, 0.4) is 0 Å². The van der Waals surface area contributed by atoms with Crippen molar-refractivity contribution in [3.8, 4) is 0 Å². The SMILES string of the molecule is Cc1cc(F)ccc1NCC(=O)O. The van der Waals surface area contributed by atoms with Gasteiger partial charge in [0.2, 0.25) is 0 Å². The van der Waals surface area contributed by atoms with Gasteiger partial charge in [0, 0.05) is 5.69 Å². The highest BCUT2D eigenvalue weighted by molar-refractivity contribution is 5.73. The van der Waals surface area contributed by atoms with Crippen molar-refractivity contribution in [2.75, 3.05) is 11.9 Å². The van der Waals surface area contributed by atoms with Crippen molar-refractivity contribution in [2.24, 2.45) is 0 Å². The number of rotatable bonds is 3. The average Bonchev–Trinajstić information content (AvgIpc) is 2.02. The van der Waals surface area contributed by atoms with E-state index in [0.29, 0.717) is 11.3 Å². The van der Waals surface area contributed by atoms with Crippen LogP contribution in [0, 0.1) is 12.7 Å². The molecular weight excluding hydrogens is 173 g/mol. The Morgan fingerprint density at radius 2 is 2.31 bits per heavy atom. The highest BCUT2D eigenvalue weighted by Crippen LogP contribution is 2.14. The third kappa shape index (κ3) is 2.74. The Labute approximate surface area is 75.2 Å². The average molecular weight is 183 g/mol. The second-order valence-corrected chi connectivity index (χ2v) is 2.71. The summed E-state index contributed by atoms with van der Waals surface area (Å²) in [6.45, 7) is 1.56. The molecule has 0 fully saturated rings. The van der Waals surface area contributed by atoms with Gasteiger partial charge in [0.1, 0.15) is 12.4 Å². The van der Waals surface area contributed by atoms with Gasteiger partial charge in [0.25, 0.3) is 0 Å². The molecule has 70 valence electrons. The monoisotopic (exact) mass is 183 g/mol. The summed E-state index contributed by atoms with van der Waals surface area (Å²) in [5.41, 5.74) is 1.34. The summed E-state index contributed by atoms with van der Waals surface area (Å²) in [6.07, 6.45) is 0. The first-order valence-electron chi connectivity index (χ1n) is 3.81. The van der Waals surface area contributed by atoms with Gasteiger partial charge in [-0.25, -0.2) is 4.39 Å². The minimum Gasteiger partial charge on any atom is -0.480 e. The Kier molecular flexibility index (Phi) is 2.84. The van der Waals surface area contributed by atoms with Gasteiger partial charge in [-0.2, -0.15) is 0 Å². The van der Waals surface area contributed by atoms with Gasteiger partial charge >= 0.3 is 5.97 Å². The van der Waals surface area contributed by atoms with Crippen molar-refractivity contribution < 1.29 is 14.3 Å². The van der Waals surface area contributed by atoms with E-state index in [1.54, 1.807) is 6.92 Å². The molecular formula is C9H10FNO2. The van der Waals surface area contributed by atoms with Crippen LogP contribution in [0.5, 0.6) is 0 Å². The summed E-state index contributed by atoms with van der Waals surface area (Å²) in [6, 6.07) is 4.16. The molecule has 0 aliphatic rings. The molecule has 0 bridgehead atoms. The molecule has 0 spiro atoms. The van der Waals surface area contributed by atoms with Crippen LogP contribution in [0.1, 0.15) is 5.56 Å². The fourth-order valence-electron chi connectivity index (χ4n) is 0.996. The fourth-order valence-corrected chi connectivity index (χ4v) is 0.996. The lowest BCUT2D eigenvalue weighted by Crippen LogP contribution is -2.12. The highest BCUT2D eigenvalue weighted by atomic mass is 19.1. The summed E-state index contributed by atoms with van der Waals surface area (Å²) in [5.74, 6) is -1.26. The van der Waals surface area contributed by atoms with E-state index in [9.17, 15) is 9.18 Å². The molecule has 1 rings (SSSR count). The van der Waals surface area contributed by atoms with Crippen LogP contribution >= 0.6 is 0 Å². The van der Waals surface area contributed by atoms with Crippen molar-refractivity contribution >= 4 is 11.7 Å². The predicted octanol–water partition coefficient (Wildman–Crippen LogP) is 1.63. The molecule has 0 unspecified atom stereocenters. The summed E-state index contributed by atoms with van der Waals surface area (Å²) >= 11 is 0. The Morgan fingerprint density at radius 1 is 1.62 bits per heavy atom. The van der Waals surface area contributed by atoms with Crippen molar-refractivity contribution in [3.05, 3.63) is 29.6 Å². The standard InChI is InChI=1S/C9H10FNO2/c1-6-4-7(10)2-3-8(6)11-5-9(12)13/h2-4,11H,5H2,1H3,(H,12,13). The Hall–Kier alpha value is -1.58. The summed E-state index contributed by atoms with van der Waals surface area (Å²) < 4.78 is 12.6. The van der Waals surface area contributed by atoms with E-state index < -0.39 is 5.97 Å². The number of anilines is 1. The van der Waals surface area contributed by atoms with Crippen LogP contribution in [0.4, 0.5) is 10.1 Å². The largest absolute Gasteiger partial charge is 0.480 e. The van der Waals surface area contributed by atoms with Gasteiger partial charge in [-0.05, 0) is 30.7 Å². The van der Waals surface area contributed by atoms with Crippen LogP contribution in [0.2, 0.25) is 0 Å². The smallest absolute Gasteiger partial charge is 0.322 e. The molecule has 0 aliphatic carbocycles. The van der Waals surface area contributed by atoms with E-state index in [1.165, 1.54) is 18.2 Å². The van der Waals surface area contributed by atoms with E-state index in [2.05, 4.69) is 5.32 Å². The lowest BCUT2D eigenvalue weighted by molar-refractivity contribution is -0.134. The Balaban J connectivity index is 2.72. The Morgan fingerprint density at radius 3 is 2.85 bits per heavy atom. The first-order valence-corrected chi connectivity index (χ1v) is 3.81. The molecule has 4 heteroatoms. The molecule has 0 aliphatic heterocycles. The lowest BCUT2D eigenvalue weighted by Gasteiger charge is -2.06. The number of halogens is 1. The second-order valence-electron chi connectivity index (χ2n) is 2.71. The molecule has 0 saturated heterocycles. The number of nitrogens with one attached hydrogen (secondary N) is 1. The molecule has 0 amide bonds. The summed E-state index contributed by atoms with van der Waals surface area (Å²) in [5, 5.41) is 11.1. The van der Waals surface area contributed by atoms with E-state index in [0.717, 1.165) is 0 Å². The summed E-state index contributed by atoms with van der Waals surface area (Å²) in [4.78, 5) is 10.2. The molecule has 0 saturated carbocycles. The van der Waals surface area contributed by atoms with Gasteiger partial charge in [-0.1, -0.05) is 0 Å². The molecule has 0 aromatic heterocycles. The molecule has 3 nitrogen and oxygen atoms in total. The van der Waals surface area contributed by atoms with Crippen LogP contribution in [0.25, 0.3) is 0 Å². The Bertz CT molecular complexity index is 325. The third-order valence-corrected chi connectivity index (χ3v) is 1.62. The minimum absolute atomic E-state index is 0.160. The van der Waals surface area contributed by atoms with E-state index >= 15 is 0 Å². The number of carboxylic acid groups (broad SMARTS) is 1. The first kappa shape index (κ1) is 9.51. The fraction of sp³-hybridized carbons (Fsp3) is 0.222. The molecule has 0 radical (unpaired) electrons. The zero-order valence-electron chi connectivity index (χ0n) is 7.17. The molecule has 1 aromatic carbocycles. The van der Waals surface area contributed by atoms with Gasteiger partial charge in [0.05, 0.1) is 0 Å². The zero-order chi connectivity index (χ0) is 9.84. The molecule has 2 N–H and O–H groups in total. The first-order chi connectivity index (χ1) is 6.09. The van der Waals surface area contributed by atoms with Crippen LogP contribution < -0.4 is 5.32 Å². The topological polar surface area (TPSA) is 49.3 Å². The molecule has 0 heterocycles. The maximum absolute atomic E-state index is 12.6. The van der Waals surface area contributed by atoms with Crippen molar-refractivity contribution in [1.82, 2.24) is 0 Å². The van der Waals surface area contributed by atoms with E-state index in [1.807, 2.05) is 0 Å². The quantitative estimate of drug-likeness (QED) is 0.748.